The molecule has 0 atom stereocenters. The molecule has 5 aliphatic rings. The fourth-order valence-electron chi connectivity index (χ4n) is 12.9. The molecule has 7 heteroatoms. The largest absolute Gasteiger partial charge is 0.453 e. The van der Waals surface area contributed by atoms with E-state index < -0.39 is 0 Å². The van der Waals surface area contributed by atoms with Gasteiger partial charge in [-0.15, -0.1) is 0 Å². The molecule has 276 valence electrons. The number of para-hydroxylation sites is 8. The number of hydrogen-bond acceptors (Lipinski definition) is 2. The molecule has 0 N–H and O–H groups in total. The molecule has 17 rings (SSSR count). The number of aromatic nitrogens is 3. The van der Waals surface area contributed by atoms with Gasteiger partial charge in [0.15, 0.2) is 11.5 Å². The molecule has 5 nitrogen and oxygen atoms in total. The molecule has 8 heterocycles. The normalized spacial score (nSPS) is 14.3. The van der Waals surface area contributed by atoms with Crippen LogP contribution in [0.2, 0.25) is 0 Å². The molecular formula is C54H28B2N4O. The lowest BCUT2D eigenvalue weighted by Crippen LogP contribution is -2.67. The van der Waals surface area contributed by atoms with Crippen LogP contribution >= 0.6 is 0 Å². The first-order chi connectivity index (χ1) is 30.3. The van der Waals surface area contributed by atoms with Crippen molar-refractivity contribution in [2.45, 2.75) is 0 Å². The highest BCUT2D eigenvalue weighted by Crippen LogP contribution is 2.53. The molecule has 0 saturated carbocycles. The van der Waals surface area contributed by atoms with E-state index in [0.29, 0.717) is 0 Å². The van der Waals surface area contributed by atoms with Gasteiger partial charge in [-0.2, -0.15) is 0 Å². The second-order valence-electron chi connectivity index (χ2n) is 17.5. The summed E-state index contributed by atoms with van der Waals surface area (Å²) in [6.07, 6.45) is 0. The maximum Gasteiger partial charge on any atom is 0.252 e. The van der Waals surface area contributed by atoms with E-state index in [-0.39, 0.29) is 13.4 Å². The van der Waals surface area contributed by atoms with E-state index >= 15 is 0 Å². The molecule has 0 aliphatic carbocycles. The van der Waals surface area contributed by atoms with Crippen LogP contribution in [0.15, 0.2) is 170 Å². The zero-order valence-corrected chi connectivity index (χ0v) is 32.5. The van der Waals surface area contributed by atoms with Gasteiger partial charge in [0, 0.05) is 66.1 Å². The highest BCUT2D eigenvalue weighted by atomic mass is 16.5. The Bertz CT molecular complexity index is 4120. The molecule has 0 spiro atoms. The van der Waals surface area contributed by atoms with Crippen LogP contribution in [0.4, 0.5) is 17.1 Å². The number of hydrogen-bond donors (Lipinski definition) is 0. The fourth-order valence-corrected chi connectivity index (χ4v) is 12.9. The highest BCUT2D eigenvalue weighted by molar-refractivity contribution is 7.04. The third-order valence-corrected chi connectivity index (χ3v) is 14.9. The first-order valence-corrected chi connectivity index (χ1v) is 21.4. The van der Waals surface area contributed by atoms with Gasteiger partial charge in [-0.1, -0.05) is 121 Å². The van der Waals surface area contributed by atoms with Crippen LogP contribution in [0.1, 0.15) is 0 Å². The summed E-state index contributed by atoms with van der Waals surface area (Å²) in [6, 6.07) is 63.6. The van der Waals surface area contributed by atoms with Crippen molar-refractivity contribution in [1.29, 1.82) is 0 Å². The third-order valence-electron chi connectivity index (χ3n) is 14.9. The standard InChI is InChI=1S/C54H28B2N4O/c1-2-13-29(14-3-1)57-39-22-6-5-16-31(39)34-27-38-53-46(51(34)57)33-18-11-20-36-50(33)60(53)54-47-42(58-40-23-7-4-15-30(40)32-17-10-19-35(49(32)58)55(36)47)28-43-48(54)56(38)37-21-12-26-45-52(37)59(43)41-24-8-9-25-44(41)61-45/h1-28H. The lowest BCUT2D eigenvalue weighted by atomic mass is 9.29. The Kier molecular flexibility index (Phi) is 4.91. The van der Waals surface area contributed by atoms with Gasteiger partial charge in [-0.3, -0.25) is 0 Å². The Morgan fingerprint density at radius 2 is 0.984 bits per heavy atom. The topological polar surface area (TPSA) is 27.3 Å². The van der Waals surface area contributed by atoms with Crippen molar-refractivity contribution in [3.05, 3.63) is 170 Å². The molecule has 61 heavy (non-hydrogen) atoms. The van der Waals surface area contributed by atoms with Gasteiger partial charge < -0.3 is 23.3 Å². The van der Waals surface area contributed by atoms with Crippen LogP contribution in [0.5, 0.6) is 11.5 Å². The van der Waals surface area contributed by atoms with Gasteiger partial charge in [0.25, 0.3) is 13.4 Å². The maximum atomic E-state index is 6.85. The van der Waals surface area contributed by atoms with E-state index in [2.05, 4.69) is 188 Å². The molecule has 12 aromatic rings. The first-order valence-electron chi connectivity index (χ1n) is 21.4. The van der Waals surface area contributed by atoms with Gasteiger partial charge in [0.05, 0.1) is 33.4 Å². The van der Waals surface area contributed by atoms with Gasteiger partial charge in [0.2, 0.25) is 0 Å². The van der Waals surface area contributed by atoms with Crippen molar-refractivity contribution in [1.82, 2.24) is 13.7 Å². The van der Waals surface area contributed by atoms with Crippen molar-refractivity contribution >= 4 is 129 Å². The number of fused-ring (bicyclic) bond motifs is 16. The van der Waals surface area contributed by atoms with Crippen molar-refractivity contribution in [3.63, 3.8) is 0 Å². The molecule has 0 saturated heterocycles. The van der Waals surface area contributed by atoms with Crippen LogP contribution in [-0.4, -0.2) is 27.1 Å². The van der Waals surface area contributed by atoms with Crippen molar-refractivity contribution < 1.29 is 4.74 Å². The summed E-state index contributed by atoms with van der Waals surface area (Å²) in [5, 5.41) is 7.79. The molecule has 5 aliphatic heterocycles. The summed E-state index contributed by atoms with van der Waals surface area (Å²) in [4.78, 5) is 2.54. The lowest BCUT2D eigenvalue weighted by Gasteiger charge is -2.46. The number of ether oxygens (including phenoxy) is 1. The second-order valence-corrected chi connectivity index (χ2v) is 17.5. The summed E-state index contributed by atoms with van der Waals surface area (Å²) in [6.45, 7) is 0.0254. The Morgan fingerprint density at radius 1 is 0.361 bits per heavy atom. The van der Waals surface area contributed by atoms with Crippen LogP contribution in [0, 0.1) is 0 Å². The first kappa shape index (κ1) is 30.2. The Balaban J connectivity index is 1.16. The van der Waals surface area contributed by atoms with Gasteiger partial charge in [-0.05, 0) is 81.3 Å². The minimum absolute atomic E-state index is 0.0290. The monoisotopic (exact) mass is 770 g/mol. The highest BCUT2D eigenvalue weighted by Gasteiger charge is 2.51. The molecule has 0 fully saturated rings. The summed E-state index contributed by atoms with van der Waals surface area (Å²) >= 11 is 0. The van der Waals surface area contributed by atoms with Gasteiger partial charge in [-0.25, -0.2) is 0 Å². The Hall–Kier alpha value is -7.89. The number of rotatable bonds is 1. The Morgan fingerprint density at radius 3 is 1.84 bits per heavy atom. The number of anilines is 3. The molecule has 9 aromatic carbocycles. The average Bonchev–Trinajstić information content (AvgIpc) is 3.96. The van der Waals surface area contributed by atoms with E-state index in [0.717, 1.165) is 22.9 Å². The predicted molar refractivity (Wildman–Crippen MR) is 254 cm³/mol. The summed E-state index contributed by atoms with van der Waals surface area (Å²) in [5.74, 6) is 1.78. The van der Waals surface area contributed by atoms with E-state index in [1.165, 1.54) is 121 Å². The molecule has 0 unspecified atom stereocenters. The SMILES string of the molecule is c1ccc(-n2c3ccccc3c3cc4c5c(c6cccc7c6n5-c5c6c(cc8c5B7c5cccc7c9ccccc9n-8c57)N5c7ccccc7Oc7cccc(c75)B64)c32)cc1. The molecular weight excluding hydrogens is 742 g/mol. The van der Waals surface area contributed by atoms with Crippen molar-refractivity contribution in [3.8, 4) is 28.6 Å². The van der Waals surface area contributed by atoms with E-state index in [1.54, 1.807) is 0 Å². The van der Waals surface area contributed by atoms with E-state index in [1.807, 2.05) is 0 Å². The van der Waals surface area contributed by atoms with Crippen LogP contribution in [-0.2, 0) is 0 Å². The van der Waals surface area contributed by atoms with Crippen LogP contribution < -0.4 is 42.4 Å². The third kappa shape index (κ3) is 3.17. The second kappa shape index (κ2) is 9.93. The van der Waals surface area contributed by atoms with Crippen molar-refractivity contribution in [2.75, 3.05) is 4.90 Å². The maximum absolute atomic E-state index is 6.85. The van der Waals surface area contributed by atoms with E-state index in [9.17, 15) is 0 Å². The van der Waals surface area contributed by atoms with Crippen LogP contribution in [0.25, 0.3) is 82.5 Å². The number of benzene rings is 9. The molecule has 0 amide bonds. The van der Waals surface area contributed by atoms with Gasteiger partial charge in [0.1, 0.15) is 0 Å². The predicted octanol–water partition coefficient (Wildman–Crippen LogP) is 8.84. The Labute approximate surface area is 349 Å². The fraction of sp³-hybridized carbons (Fsp3) is 0. The number of nitrogens with zero attached hydrogens (tertiary/aromatic N) is 4. The van der Waals surface area contributed by atoms with E-state index in [4.69, 9.17) is 4.74 Å². The lowest BCUT2D eigenvalue weighted by molar-refractivity contribution is 0.477. The summed E-state index contributed by atoms with van der Waals surface area (Å²) in [7, 11) is 0. The smallest absolute Gasteiger partial charge is 0.252 e. The quantitative estimate of drug-likeness (QED) is 0.156. The zero-order chi connectivity index (χ0) is 39.0. The summed E-state index contributed by atoms with van der Waals surface area (Å²) in [5.41, 5.74) is 23.1. The average molecular weight is 770 g/mol. The van der Waals surface area contributed by atoms with Gasteiger partial charge >= 0.3 is 0 Å². The molecule has 0 radical (unpaired) electrons. The minimum atomic E-state index is -0.0290. The zero-order valence-electron chi connectivity index (χ0n) is 32.5. The molecule has 0 bridgehead atoms. The van der Waals surface area contributed by atoms with Crippen LogP contribution in [0.3, 0.4) is 0 Å². The minimum Gasteiger partial charge on any atom is -0.453 e. The summed E-state index contributed by atoms with van der Waals surface area (Å²) < 4.78 is 14.7. The van der Waals surface area contributed by atoms with Crippen molar-refractivity contribution in [2.24, 2.45) is 0 Å². The molecule has 3 aromatic heterocycles.